The molecule has 0 saturated heterocycles. The number of azide groups is 1. The first-order valence-electron chi connectivity index (χ1n) is 18.5. The van der Waals surface area contributed by atoms with Gasteiger partial charge in [-0.1, -0.05) is 94.5 Å². The van der Waals surface area contributed by atoms with Crippen molar-refractivity contribution in [3.63, 3.8) is 0 Å². The number of aldehydes is 2. The minimum Gasteiger partial charge on any atom is -0.463 e. The van der Waals surface area contributed by atoms with E-state index in [-0.39, 0.29) is 11.9 Å². The number of anilines is 1. The Hall–Kier alpha value is -5.51. The van der Waals surface area contributed by atoms with Gasteiger partial charge >= 0.3 is 5.97 Å². The molecule has 6 rings (SSSR count). The molecule has 1 saturated carbocycles. The van der Waals surface area contributed by atoms with E-state index in [1.165, 1.54) is 43.7 Å². The van der Waals surface area contributed by atoms with Crippen molar-refractivity contribution in [3.05, 3.63) is 106 Å². The summed E-state index contributed by atoms with van der Waals surface area (Å²) in [6.07, 6.45) is 14.3. The van der Waals surface area contributed by atoms with E-state index in [0.29, 0.717) is 18.1 Å². The van der Waals surface area contributed by atoms with E-state index in [1.807, 2.05) is 78.2 Å². The topological polar surface area (TPSA) is 155 Å². The zero-order valence-corrected chi connectivity index (χ0v) is 31.1. The first-order chi connectivity index (χ1) is 25.8. The Labute approximate surface area is 311 Å². The van der Waals surface area contributed by atoms with Gasteiger partial charge in [-0.3, -0.25) is 9.59 Å². The van der Waals surface area contributed by atoms with Crippen LogP contribution in [0.2, 0.25) is 0 Å². The summed E-state index contributed by atoms with van der Waals surface area (Å²) in [7, 11) is 1.80. The van der Waals surface area contributed by atoms with E-state index in [0.717, 1.165) is 70.8 Å². The van der Waals surface area contributed by atoms with Crippen molar-refractivity contribution in [1.82, 2.24) is 9.99 Å². The van der Waals surface area contributed by atoms with Gasteiger partial charge in [-0.05, 0) is 83.7 Å². The molecule has 0 bridgehead atoms. The fourth-order valence-electron chi connectivity index (χ4n) is 6.98. The van der Waals surface area contributed by atoms with Gasteiger partial charge in [0.2, 0.25) is 5.91 Å². The summed E-state index contributed by atoms with van der Waals surface area (Å²) >= 11 is 0. The molecule has 1 amide bonds. The average molecular weight is 719 g/mol. The molecule has 1 aromatic heterocycles. The maximum Gasteiger partial charge on any atom is 0.330 e. The number of nitrogens with zero attached hydrogens (tertiary/aromatic N) is 4. The quantitative estimate of drug-likeness (QED) is 0.0281. The predicted octanol–water partition coefficient (Wildman–Crippen LogP) is 9.73. The Morgan fingerprint density at radius 3 is 2.38 bits per heavy atom. The number of carbonyl (C=O) groups is 4. The fraction of sp³-hybridized carbons (Fsp3) is 0.381. The second kappa shape index (κ2) is 20.5. The lowest BCUT2D eigenvalue weighted by Gasteiger charge is -2.23. The van der Waals surface area contributed by atoms with Crippen LogP contribution in [0.25, 0.3) is 38.7 Å². The number of benzene rings is 3. The minimum atomic E-state index is -0.696. The molecule has 278 valence electrons. The Morgan fingerprint density at radius 2 is 1.74 bits per heavy atom. The number of hydrogen-bond donors (Lipinski definition) is 2. The Morgan fingerprint density at radius 1 is 1.02 bits per heavy atom. The highest BCUT2D eigenvalue weighted by atomic mass is 16.5. The number of nitrogens with one attached hydrogen (secondary N) is 2. The van der Waals surface area contributed by atoms with Crippen molar-refractivity contribution in [2.24, 2.45) is 11.0 Å². The number of ether oxygens (including phenoxy) is 1. The van der Waals surface area contributed by atoms with Crippen molar-refractivity contribution in [2.45, 2.75) is 84.1 Å². The molecule has 3 aromatic carbocycles. The number of hydrogen-bond acceptors (Lipinski definition) is 7. The minimum absolute atomic E-state index is 0.273. The van der Waals surface area contributed by atoms with Crippen molar-refractivity contribution >= 4 is 47.1 Å². The second-order valence-corrected chi connectivity index (χ2v) is 13.2. The van der Waals surface area contributed by atoms with Gasteiger partial charge in [-0.2, -0.15) is 0 Å². The summed E-state index contributed by atoms with van der Waals surface area (Å²) in [5.41, 5.74) is 22.2. The number of aromatic nitrogens is 1. The molecule has 1 fully saturated rings. The zero-order valence-electron chi connectivity index (χ0n) is 31.1. The molecule has 2 aliphatic rings. The van der Waals surface area contributed by atoms with Gasteiger partial charge in [0.15, 0.2) is 0 Å². The first kappa shape index (κ1) is 40.3. The molecule has 2 atom stereocenters. The van der Waals surface area contributed by atoms with E-state index in [4.69, 9.17) is 10.3 Å². The highest BCUT2D eigenvalue weighted by Crippen LogP contribution is 2.51. The van der Waals surface area contributed by atoms with Crippen LogP contribution in [-0.4, -0.2) is 42.7 Å². The molecule has 53 heavy (non-hydrogen) atoms. The number of fused-ring (bicyclic) bond motifs is 5. The number of hydrazine groups is 1. The summed E-state index contributed by atoms with van der Waals surface area (Å²) in [5.74, 6) is -0.150. The Balaban J connectivity index is 0.000000220. The zero-order chi connectivity index (χ0) is 38.2. The lowest BCUT2D eigenvalue weighted by molar-refractivity contribution is -0.137. The van der Waals surface area contributed by atoms with Gasteiger partial charge in [0.1, 0.15) is 18.6 Å². The van der Waals surface area contributed by atoms with Gasteiger partial charge in [-0.15, -0.1) is 0 Å². The van der Waals surface area contributed by atoms with E-state index in [2.05, 4.69) is 27.8 Å². The first-order valence-corrected chi connectivity index (χ1v) is 18.5. The van der Waals surface area contributed by atoms with Gasteiger partial charge in [0, 0.05) is 46.2 Å². The normalized spacial score (nSPS) is 15.1. The summed E-state index contributed by atoms with van der Waals surface area (Å²) in [6, 6.07) is 20.5. The van der Waals surface area contributed by atoms with E-state index in [1.54, 1.807) is 20.0 Å². The maximum atomic E-state index is 12.8. The molecular weight excluding hydrogens is 668 g/mol. The fourth-order valence-corrected chi connectivity index (χ4v) is 6.98. The second-order valence-electron chi connectivity index (χ2n) is 13.2. The third-order valence-corrected chi connectivity index (χ3v) is 9.49. The standard InChI is InChI=1S/C23H20N4O2.C12H16N2O2.C7H14O/c24-26-25-23(29)22-17-9-5-4-8-16(17)21-20(15-6-2-1-3-7-15)18-11-10-14(13-28)12-19(18)27(21)22;1-3-16-12(15)9-6-10-4-7-11(8-5-10)14-13-2;1-3-4-5-7(2)6-8/h4-5,8-13,15,22H,1-3,6-7H2;4-9,13-14H,3H2,1-2H3;6-7H,3-5H2,1-2H3/b;9-6+;. The molecule has 2 unspecified atom stereocenters. The molecular formula is C42H50N6O5. The van der Waals surface area contributed by atoms with Gasteiger partial charge < -0.3 is 19.5 Å². The van der Waals surface area contributed by atoms with E-state index in [9.17, 15) is 19.2 Å². The van der Waals surface area contributed by atoms with Crippen LogP contribution in [0.4, 0.5) is 5.69 Å². The van der Waals surface area contributed by atoms with Crippen LogP contribution in [0.5, 0.6) is 0 Å². The molecule has 2 heterocycles. The average Bonchev–Trinajstić information content (AvgIpc) is 3.70. The summed E-state index contributed by atoms with van der Waals surface area (Å²) < 4.78 is 6.77. The van der Waals surface area contributed by atoms with Crippen molar-refractivity contribution in [2.75, 3.05) is 19.1 Å². The van der Waals surface area contributed by atoms with E-state index < -0.39 is 11.9 Å². The van der Waals surface area contributed by atoms with Crippen LogP contribution >= 0.6 is 0 Å². The predicted molar refractivity (Wildman–Crippen MR) is 210 cm³/mol. The van der Waals surface area contributed by atoms with Crippen molar-refractivity contribution in [3.8, 4) is 11.3 Å². The molecule has 0 spiro atoms. The number of amides is 1. The lowest BCUT2D eigenvalue weighted by atomic mass is 9.81. The van der Waals surface area contributed by atoms with Gasteiger partial charge in [0.25, 0.3) is 0 Å². The molecule has 4 aromatic rings. The van der Waals surface area contributed by atoms with E-state index >= 15 is 0 Å². The molecule has 1 aliphatic heterocycles. The number of esters is 1. The third-order valence-electron chi connectivity index (χ3n) is 9.49. The molecule has 2 N–H and O–H groups in total. The Bertz CT molecular complexity index is 1940. The maximum absolute atomic E-state index is 12.8. The van der Waals surface area contributed by atoms with Crippen LogP contribution in [0.15, 0.2) is 77.9 Å². The van der Waals surface area contributed by atoms with Crippen molar-refractivity contribution < 1.29 is 23.9 Å². The highest BCUT2D eigenvalue weighted by Gasteiger charge is 2.38. The van der Waals surface area contributed by atoms with Crippen LogP contribution in [0.3, 0.4) is 0 Å². The number of unbranched alkanes of at least 4 members (excludes halogenated alkanes) is 1. The molecule has 1 aliphatic carbocycles. The van der Waals surface area contributed by atoms with Crippen molar-refractivity contribution in [1.29, 1.82) is 0 Å². The molecule has 11 nitrogen and oxygen atoms in total. The smallest absolute Gasteiger partial charge is 0.330 e. The molecule has 11 heteroatoms. The number of rotatable bonds is 12. The van der Waals surface area contributed by atoms with Gasteiger partial charge in [0.05, 0.1) is 17.8 Å². The van der Waals surface area contributed by atoms with Crippen LogP contribution in [0.1, 0.15) is 111 Å². The van der Waals surface area contributed by atoms with Crippen LogP contribution < -0.4 is 10.9 Å². The third kappa shape index (κ3) is 10.3. The molecule has 0 radical (unpaired) electrons. The SMILES string of the molecule is CCCCC(C)C=O.CCOC(=O)/C=C/c1ccc(NNC)cc1.[N-]=[N+]=NC(=O)C1c2ccccc2-c2c(C3CCCCC3)c3ccc(C=O)cc3n21. The summed E-state index contributed by atoms with van der Waals surface area (Å²) in [6.45, 7) is 6.28. The monoisotopic (exact) mass is 718 g/mol. The highest BCUT2D eigenvalue weighted by molar-refractivity contribution is 6.02. The Kier molecular flexibility index (Phi) is 15.6. The summed E-state index contributed by atoms with van der Waals surface area (Å²) in [4.78, 5) is 48.1. The largest absolute Gasteiger partial charge is 0.463 e. The van der Waals surface area contributed by atoms with Crippen LogP contribution in [0, 0.1) is 5.92 Å². The van der Waals surface area contributed by atoms with Crippen LogP contribution in [-0.2, 0) is 19.1 Å². The number of carbonyl (C=O) groups excluding carboxylic acids is 4. The van der Waals surface area contributed by atoms with Gasteiger partial charge in [-0.25, -0.2) is 10.2 Å². The summed E-state index contributed by atoms with van der Waals surface area (Å²) in [5, 5.41) is 4.52. The lowest BCUT2D eigenvalue weighted by Crippen LogP contribution is -2.15.